The summed E-state index contributed by atoms with van der Waals surface area (Å²) >= 11 is 0. The summed E-state index contributed by atoms with van der Waals surface area (Å²) in [5, 5.41) is 5.75. The van der Waals surface area contributed by atoms with E-state index in [1.807, 2.05) is 49.7 Å². The highest BCUT2D eigenvalue weighted by atomic mass is 16.6. The molecular weight excluding hydrogens is 382 g/mol. The van der Waals surface area contributed by atoms with Crippen molar-refractivity contribution in [2.75, 3.05) is 19.7 Å². The van der Waals surface area contributed by atoms with Gasteiger partial charge in [0, 0.05) is 25.0 Å². The summed E-state index contributed by atoms with van der Waals surface area (Å²) < 4.78 is 12.6. The first-order valence-electron chi connectivity index (χ1n) is 10.7. The molecule has 2 aromatic rings. The summed E-state index contributed by atoms with van der Waals surface area (Å²) in [6.07, 6.45) is 1.66. The number of rotatable bonds is 5. The molecule has 3 rings (SSSR count). The third kappa shape index (κ3) is 5.32. The Bertz CT molecular complexity index is 905. The zero-order valence-electron chi connectivity index (χ0n) is 18.7. The van der Waals surface area contributed by atoms with Crippen molar-refractivity contribution in [3.63, 3.8) is 0 Å². The van der Waals surface area contributed by atoms with Gasteiger partial charge in [0.2, 0.25) is 0 Å². The summed E-state index contributed by atoms with van der Waals surface area (Å²) in [6.45, 7) is 12.1. The third-order valence-electron chi connectivity index (χ3n) is 5.51. The number of nitrogens with zero attached hydrogens (tertiary/aromatic N) is 3. The molecule has 1 amide bonds. The van der Waals surface area contributed by atoms with E-state index in [4.69, 9.17) is 14.6 Å². The lowest BCUT2D eigenvalue weighted by Crippen LogP contribution is -2.45. The highest BCUT2D eigenvalue weighted by Crippen LogP contribution is 2.34. The second kappa shape index (κ2) is 8.66. The van der Waals surface area contributed by atoms with E-state index in [2.05, 4.69) is 6.92 Å². The van der Waals surface area contributed by atoms with E-state index in [-0.39, 0.29) is 23.9 Å². The second-order valence-corrected chi connectivity index (χ2v) is 9.38. The zero-order valence-corrected chi connectivity index (χ0v) is 18.7. The number of esters is 1. The Morgan fingerprint density at radius 1 is 1.17 bits per heavy atom. The lowest BCUT2D eigenvalue weighted by molar-refractivity contribution is -0.142. The van der Waals surface area contributed by atoms with Gasteiger partial charge in [-0.15, -0.1) is 0 Å². The Balaban J connectivity index is 1.72. The maximum atomic E-state index is 12.4. The van der Waals surface area contributed by atoms with Crippen LogP contribution in [0.5, 0.6) is 0 Å². The lowest BCUT2D eigenvalue weighted by Gasteiger charge is -2.39. The van der Waals surface area contributed by atoms with Crippen LogP contribution >= 0.6 is 0 Å². The molecule has 1 fully saturated rings. The van der Waals surface area contributed by atoms with Gasteiger partial charge in [-0.2, -0.15) is 5.10 Å². The fourth-order valence-corrected chi connectivity index (χ4v) is 3.87. The van der Waals surface area contributed by atoms with Gasteiger partial charge in [0.15, 0.2) is 0 Å². The van der Waals surface area contributed by atoms with Gasteiger partial charge in [-0.05, 0) is 52.0 Å². The number of carbonyl (C=O) groups is 2. The topological polar surface area (TPSA) is 73.7 Å². The number of likely N-dealkylation sites (tertiary alicyclic amines) is 1. The predicted molar refractivity (Wildman–Crippen MR) is 115 cm³/mol. The molecule has 1 aliphatic heterocycles. The van der Waals surface area contributed by atoms with E-state index in [1.54, 1.807) is 11.8 Å². The highest BCUT2D eigenvalue weighted by molar-refractivity contribution is 5.86. The summed E-state index contributed by atoms with van der Waals surface area (Å²) in [6, 6.07) is 7.99. The lowest BCUT2D eigenvalue weighted by atomic mass is 9.80. The maximum absolute atomic E-state index is 12.4. The van der Waals surface area contributed by atoms with Gasteiger partial charge in [-0.3, -0.25) is 9.48 Å². The van der Waals surface area contributed by atoms with Crippen LogP contribution in [0.2, 0.25) is 0 Å². The molecular formula is C23H33N3O4. The quantitative estimate of drug-likeness (QED) is 0.685. The minimum atomic E-state index is -0.485. The first kappa shape index (κ1) is 22.1. The average Bonchev–Trinajstić information content (AvgIpc) is 2.98. The molecule has 30 heavy (non-hydrogen) atoms. The summed E-state index contributed by atoms with van der Waals surface area (Å²) in [5.41, 5.74) is 1.29. The van der Waals surface area contributed by atoms with Crippen LogP contribution in [0.25, 0.3) is 10.9 Å². The summed E-state index contributed by atoms with van der Waals surface area (Å²) in [4.78, 5) is 26.1. The SMILES string of the molecule is CCOC(=O)Cc1nn(CC2(C)CCN(C(=O)OC(C)(C)C)CC2)c2ccccc12. The van der Waals surface area contributed by atoms with Crippen molar-refractivity contribution in [2.45, 2.75) is 66.0 Å². The molecule has 0 atom stereocenters. The Kier molecular flexibility index (Phi) is 6.38. The molecule has 1 aliphatic rings. The second-order valence-electron chi connectivity index (χ2n) is 9.38. The maximum Gasteiger partial charge on any atom is 0.410 e. The number of ether oxygens (including phenoxy) is 2. The Labute approximate surface area is 178 Å². The van der Waals surface area contributed by atoms with Gasteiger partial charge >= 0.3 is 12.1 Å². The van der Waals surface area contributed by atoms with Crippen molar-refractivity contribution in [3.05, 3.63) is 30.0 Å². The van der Waals surface area contributed by atoms with Crippen LogP contribution in [-0.4, -0.2) is 52.0 Å². The van der Waals surface area contributed by atoms with E-state index in [0.717, 1.165) is 36.0 Å². The van der Waals surface area contributed by atoms with Crippen molar-refractivity contribution < 1.29 is 19.1 Å². The van der Waals surface area contributed by atoms with E-state index >= 15 is 0 Å². The molecule has 0 saturated carbocycles. The number of para-hydroxylation sites is 1. The molecule has 0 N–H and O–H groups in total. The smallest absolute Gasteiger partial charge is 0.410 e. The molecule has 0 radical (unpaired) electrons. The van der Waals surface area contributed by atoms with Crippen molar-refractivity contribution in [1.29, 1.82) is 0 Å². The number of hydrogen-bond donors (Lipinski definition) is 0. The van der Waals surface area contributed by atoms with Crippen LogP contribution < -0.4 is 0 Å². The first-order chi connectivity index (χ1) is 14.1. The van der Waals surface area contributed by atoms with E-state index < -0.39 is 5.60 Å². The number of carbonyl (C=O) groups excluding carboxylic acids is 2. The molecule has 0 aliphatic carbocycles. The van der Waals surface area contributed by atoms with Crippen LogP contribution in [0.4, 0.5) is 4.79 Å². The minimum absolute atomic E-state index is 0.00843. The summed E-state index contributed by atoms with van der Waals surface area (Å²) in [7, 11) is 0. The molecule has 1 aromatic heterocycles. The number of benzene rings is 1. The van der Waals surface area contributed by atoms with Gasteiger partial charge in [-0.1, -0.05) is 25.1 Å². The molecule has 0 unspecified atom stereocenters. The van der Waals surface area contributed by atoms with Crippen LogP contribution in [0.15, 0.2) is 24.3 Å². The number of amides is 1. The predicted octanol–water partition coefficient (Wildman–Crippen LogP) is 4.18. The van der Waals surface area contributed by atoms with E-state index in [9.17, 15) is 9.59 Å². The fraction of sp³-hybridized carbons (Fsp3) is 0.609. The molecule has 0 bridgehead atoms. The van der Waals surface area contributed by atoms with Crippen molar-refractivity contribution >= 4 is 23.0 Å². The number of hydrogen-bond acceptors (Lipinski definition) is 5. The molecule has 1 saturated heterocycles. The van der Waals surface area contributed by atoms with E-state index in [0.29, 0.717) is 19.7 Å². The zero-order chi connectivity index (χ0) is 21.9. The number of fused-ring (bicyclic) bond motifs is 1. The number of aromatic nitrogens is 2. The molecule has 2 heterocycles. The largest absolute Gasteiger partial charge is 0.466 e. The van der Waals surface area contributed by atoms with E-state index in [1.165, 1.54) is 0 Å². The fourth-order valence-electron chi connectivity index (χ4n) is 3.87. The van der Waals surface area contributed by atoms with Crippen LogP contribution in [0.3, 0.4) is 0 Å². The van der Waals surface area contributed by atoms with Crippen molar-refractivity contribution in [3.8, 4) is 0 Å². The number of piperidine rings is 1. The normalized spacial score (nSPS) is 16.5. The van der Waals surface area contributed by atoms with Gasteiger partial charge in [0.1, 0.15) is 5.60 Å². The van der Waals surface area contributed by atoms with Gasteiger partial charge in [0.05, 0.1) is 24.2 Å². The van der Waals surface area contributed by atoms with Gasteiger partial charge in [0.25, 0.3) is 0 Å². The molecule has 7 nitrogen and oxygen atoms in total. The summed E-state index contributed by atoms with van der Waals surface area (Å²) in [5.74, 6) is -0.259. The Hall–Kier alpha value is -2.57. The Morgan fingerprint density at radius 2 is 1.83 bits per heavy atom. The molecule has 0 spiro atoms. The molecule has 7 heteroatoms. The first-order valence-corrected chi connectivity index (χ1v) is 10.7. The van der Waals surface area contributed by atoms with Crippen molar-refractivity contribution in [1.82, 2.24) is 14.7 Å². The average molecular weight is 416 g/mol. The van der Waals surface area contributed by atoms with Gasteiger partial charge < -0.3 is 14.4 Å². The minimum Gasteiger partial charge on any atom is -0.466 e. The van der Waals surface area contributed by atoms with Gasteiger partial charge in [-0.25, -0.2) is 4.79 Å². The molecule has 164 valence electrons. The Morgan fingerprint density at radius 3 is 2.47 bits per heavy atom. The highest BCUT2D eigenvalue weighted by Gasteiger charge is 2.34. The molecule has 1 aromatic carbocycles. The van der Waals surface area contributed by atoms with Crippen LogP contribution in [-0.2, 0) is 27.2 Å². The van der Waals surface area contributed by atoms with Crippen LogP contribution in [0.1, 0.15) is 53.2 Å². The standard InChI is InChI=1S/C23H33N3O4/c1-6-29-20(27)15-18-17-9-7-8-10-19(17)26(24-18)16-23(5)11-13-25(14-12-23)21(28)30-22(2,3)4/h7-10H,6,11-16H2,1-5H3. The monoisotopic (exact) mass is 415 g/mol. The van der Waals surface area contributed by atoms with Crippen LogP contribution in [0, 0.1) is 5.41 Å². The third-order valence-corrected chi connectivity index (χ3v) is 5.51. The van der Waals surface area contributed by atoms with Crippen molar-refractivity contribution in [2.24, 2.45) is 5.41 Å².